The zero-order valence-electron chi connectivity index (χ0n) is 10.1. The van der Waals surface area contributed by atoms with Gasteiger partial charge in [0.05, 0.1) is 11.6 Å². The minimum absolute atomic E-state index is 0.175. The van der Waals surface area contributed by atoms with Gasteiger partial charge in [0.15, 0.2) is 0 Å². The van der Waals surface area contributed by atoms with Crippen LogP contribution in [-0.2, 0) is 6.42 Å². The van der Waals surface area contributed by atoms with Gasteiger partial charge < -0.3 is 10.4 Å². The van der Waals surface area contributed by atoms with Gasteiger partial charge >= 0.3 is 5.69 Å². The van der Waals surface area contributed by atoms with Gasteiger partial charge in [0, 0.05) is 5.69 Å². The van der Waals surface area contributed by atoms with Crippen molar-refractivity contribution in [2.24, 2.45) is 0 Å². The number of rotatable bonds is 1. The van der Waals surface area contributed by atoms with Crippen LogP contribution in [-0.4, -0.2) is 15.1 Å². The molecule has 2 heterocycles. The van der Waals surface area contributed by atoms with E-state index in [1.54, 1.807) is 0 Å². The average Bonchev–Trinajstić information content (AvgIpc) is 2.37. The molecule has 1 aromatic heterocycles. The van der Waals surface area contributed by atoms with E-state index in [1.165, 1.54) is 5.56 Å². The van der Waals surface area contributed by atoms with E-state index in [0.29, 0.717) is 6.42 Å². The summed E-state index contributed by atoms with van der Waals surface area (Å²) in [7, 11) is 0. The molecule has 4 N–H and O–H groups in total. The predicted octanol–water partition coefficient (Wildman–Crippen LogP) is 0.868. The highest BCUT2D eigenvalue weighted by atomic mass is 16.3. The number of anilines is 1. The topological polar surface area (TPSA) is 98.0 Å². The Balaban J connectivity index is 2.02. The first kappa shape index (κ1) is 11.6. The molecule has 1 aliphatic rings. The van der Waals surface area contributed by atoms with Crippen LogP contribution in [0.25, 0.3) is 0 Å². The summed E-state index contributed by atoms with van der Waals surface area (Å²) in [5.74, 6) is -0.370. The Morgan fingerprint density at radius 2 is 1.95 bits per heavy atom. The third kappa shape index (κ3) is 2.01. The maximum absolute atomic E-state index is 11.8. The number of aromatic amines is 2. The lowest BCUT2D eigenvalue weighted by Gasteiger charge is -2.26. The van der Waals surface area contributed by atoms with Crippen molar-refractivity contribution in [3.63, 3.8) is 0 Å². The second kappa shape index (κ2) is 4.31. The summed E-state index contributed by atoms with van der Waals surface area (Å²) in [6, 6.07) is 7.51. The van der Waals surface area contributed by atoms with Crippen LogP contribution in [0.5, 0.6) is 5.88 Å². The maximum atomic E-state index is 11.8. The molecule has 1 aromatic carbocycles. The Morgan fingerprint density at radius 3 is 2.74 bits per heavy atom. The highest BCUT2D eigenvalue weighted by Crippen LogP contribution is 2.32. The molecule has 98 valence electrons. The van der Waals surface area contributed by atoms with Crippen LogP contribution in [0.4, 0.5) is 5.69 Å². The molecule has 0 amide bonds. The highest BCUT2D eigenvalue weighted by Gasteiger charge is 2.24. The normalized spacial score (nSPS) is 17.6. The van der Waals surface area contributed by atoms with Gasteiger partial charge in [-0.3, -0.25) is 14.8 Å². The molecular formula is C13H13N3O3. The Hall–Kier alpha value is -2.50. The molecule has 3 rings (SSSR count). The van der Waals surface area contributed by atoms with Gasteiger partial charge in [0.2, 0.25) is 5.88 Å². The SMILES string of the molecule is O=c1[nH]c(O)c(C2CCc3ccccc3N2)c(=O)[nH]1. The van der Waals surface area contributed by atoms with E-state index in [9.17, 15) is 14.7 Å². The summed E-state index contributed by atoms with van der Waals surface area (Å²) in [5.41, 5.74) is 1.04. The Kier molecular flexibility index (Phi) is 2.63. The number of nitrogens with one attached hydrogen (secondary N) is 3. The molecular weight excluding hydrogens is 246 g/mol. The molecule has 0 radical (unpaired) electrons. The summed E-state index contributed by atoms with van der Waals surface area (Å²) in [4.78, 5) is 27.2. The number of hydrogen-bond acceptors (Lipinski definition) is 4. The molecule has 0 saturated heterocycles. The standard InChI is InChI=1S/C13H13N3O3/c17-11-10(12(18)16-13(19)15-11)9-6-5-7-3-1-2-4-8(7)14-9/h1-4,9,14H,5-6H2,(H3,15,16,17,18,19). The lowest BCUT2D eigenvalue weighted by Crippen LogP contribution is -2.30. The molecule has 0 saturated carbocycles. The van der Waals surface area contributed by atoms with Gasteiger partial charge in [-0.05, 0) is 24.5 Å². The van der Waals surface area contributed by atoms with Crippen LogP contribution in [0.2, 0.25) is 0 Å². The van der Waals surface area contributed by atoms with Crippen LogP contribution in [0.15, 0.2) is 33.9 Å². The molecule has 1 atom stereocenters. The number of H-pyrrole nitrogens is 2. The predicted molar refractivity (Wildman–Crippen MR) is 70.5 cm³/mol. The second-order valence-corrected chi connectivity index (χ2v) is 4.56. The summed E-state index contributed by atoms with van der Waals surface area (Å²) in [6.07, 6.45) is 1.49. The van der Waals surface area contributed by atoms with Crippen LogP contribution >= 0.6 is 0 Å². The molecule has 1 unspecified atom stereocenters. The summed E-state index contributed by atoms with van der Waals surface area (Å²) < 4.78 is 0. The quantitative estimate of drug-likeness (QED) is 0.610. The molecule has 0 fully saturated rings. The summed E-state index contributed by atoms with van der Waals surface area (Å²) in [6.45, 7) is 0. The van der Waals surface area contributed by atoms with Gasteiger partial charge in [0.25, 0.3) is 5.56 Å². The van der Waals surface area contributed by atoms with Gasteiger partial charge in [0.1, 0.15) is 0 Å². The fourth-order valence-corrected chi connectivity index (χ4v) is 2.46. The number of aromatic hydroxyl groups is 1. The van der Waals surface area contributed by atoms with Crippen molar-refractivity contribution in [3.05, 3.63) is 56.2 Å². The fourth-order valence-electron chi connectivity index (χ4n) is 2.46. The first-order valence-corrected chi connectivity index (χ1v) is 6.05. The van der Waals surface area contributed by atoms with Gasteiger partial charge in [-0.1, -0.05) is 18.2 Å². The van der Waals surface area contributed by atoms with Crippen LogP contribution in [0.1, 0.15) is 23.6 Å². The number of aromatic nitrogens is 2. The molecule has 0 aliphatic carbocycles. The highest BCUT2D eigenvalue weighted by molar-refractivity contribution is 5.55. The average molecular weight is 259 g/mol. The zero-order valence-corrected chi connectivity index (χ0v) is 10.1. The third-order valence-electron chi connectivity index (χ3n) is 3.36. The van der Waals surface area contributed by atoms with E-state index in [2.05, 4.69) is 15.3 Å². The molecule has 2 aromatic rings. The summed E-state index contributed by atoms with van der Waals surface area (Å²) >= 11 is 0. The minimum Gasteiger partial charge on any atom is -0.494 e. The van der Waals surface area contributed by atoms with Gasteiger partial charge in [-0.15, -0.1) is 0 Å². The molecule has 1 aliphatic heterocycles. The van der Waals surface area contributed by atoms with Crippen molar-refractivity contribution < 1.29 is 5.11 Å². The number of aryl methyl sites for hydroxylation is 1. The lowest BCUT2D eigenvalue weighted by molar-refractivity contribution is 0.432. The molecule has 0 bridgehead atoms. The molecule has 19 heavy (non-hydrogen) atoms. The Labute approximate surface area is 108 Å². The van der Waals surface area contributed by atoms with Crippen molar-refractivity contribution in [1.29, 1.82) is 0 Å². The van der Waals surface area contributed by atoms with Crippen molar-refractivity contribution in [1.82, 2.24) is 9.97 Å². The first-order valence-electron chi connectivity index (χ1n) is 6.05. The van der Waals surface area contributed by atoms with E-state index >= 15 is 0 Å². The summed E-state index contributed by atoms with van der Waals surface area (Å²) in [5, 5.41) is 13.0. The third-order valence-corrected chi connectivity index (χ3v) is 3.36. The zero-order chi connectivity index (χ0) is 13.4. The molecule has 6 heteroatoms. The van der Waals surface area contributed by atoms with Crippen LogP contribution in [0.3, 0.4) is 0 Å². The number of hydrogen-bond donors (Lipinski definition) is 4. The Bertz CT molecular complexity index is 732. The lowest BCUT2D eigenvalue weighted by atomic mass is 9.94. The van der Waals surface area contributed by atoms with Gasteiger partial charge in [-0.2, -0.15) is 0 Å². The van der Waals surface area contributed by atoms with E-state index in [1.807, 2.05) is 24.3 Å². The minimum atomic E-state index is -0.706. The van der Waals surface area contributed by atoms with Crippen LogP contribution in [0, 0.1) is 0 Å². The van der Waals surface area contributed by atoms with Crippen molar-refractivity contribution in [2.45, 2.75) is 18.9 Å². The van der Waals surface area contributed by atoms with Gasteiger partial charge in [-0.25, -0.2) is 4.79 Å². The van der Waals surface area contributed by atoms with E-state index in [-0.39, 0.29) is 17.5 Å². The smallest absolute Gasteiger partial charge is 0.328 e. The Morgan fingerprint density at radius 1 is 1.16 bits per heavy atom. The van der Waals surface area contributed by atoms with E-state index < -0.39 is 11.2 Å². The van der Waals surface area contributed by atoms with Crippen molar-refractivity contribution in [2.75, 3.05) is 5.32 Å². The first-order chi connectivity index (χ1) is 9.15. The maximum Gasteiger partial charge on any atom is 0.328 e. The van der Waals surface area contributed by atoms with Crippen molar-refractivity contribution >= 4 is 5.69 Å². The number of benzene rings is 1. The fraction of sp³-hybridized carbons (Fsp3) is 0.231. The van der Waals surface area contributed by atoms with Crippen molar-refractivity contribution in [3.8, 4) is 5.88 Å². The number of para-hydroxylation sites is 1. The molecule has 6 nitrogen and oxygen atoms in total. The van der Waals surface area contributed by atoms with E-state index in [0.717, 1.165) is 12.1 Å². The van der Waals surface area contributed by atoms with Crippen LogP contribution < -0.4 is 16.6 Å². The monoisotopic (exact) mass is 259 g/mol. The molecule has 0 spiro atoms. The largest absolute Gasteiger partial charge is 0.494 e. The number of fused-ring (bicyclic) bond motifs is 1. The second-order valence-electron chi connectivity index (χ2n) is 4.56. The van der Waals surface area contributed by atoms with E-state index in [4.69, 9.17) is 0 Å².